The van der Waals surface area contributed by atoms with Gasteiger partial charge in [-0.3, -0.25) is 14.5 Å². The molecule has 1 atom stereocenters. The van der Waals surface area contributed by atoms with Gasteiger partial charge < -0.3 is 10.6 Å². The summed E-state index contributed by atoms with van der Waals surface area (Å²) in [4.78, 5) is 37.3. The van der Waals surface area contributed by atoms with Crippen molar-refractivity contribution in [2.24, 2.45) is 5.92 Å². The zero-order valence-corrected chi connectivity index (χ0v) is 14.0. The molecule has 2 rings (SSSR count). The molecule has 0 aliphatic carbocycles. The van der Waals surface area contributed by atoms with Crippen LogP contribution in [0.3, 0.4) is 0 Å². The third-order valence-electron chi connectivity index (χ3n) is 3.86. The number of amides is 4. The molecule has 0 unspecified atom stereocenters. The molecule has 0 aromatic heterocycles. The van der Waals surface area contributed by atoms with Crippen molar-refractivity contribution in [3.8, 4) is 0 Å². The van der Waals surface area contributed by atoms with Crippen LogP contribution in [0.2, 0.25) is 0 Å². The van der Waals surface area contributed by atoms with E-state index in [1.807, 2.05) is 45.9 Å². The number of aryl methyl sites for hydroxylation is 2. The summed E-state index contributed by atoms with van der Waals surface area (Å²) in [6, 6.07) is 4.67. The standard InChI is InChI=1S/C17H23N3O3/c1-10(2)8-13-16(22)20(17(23)18-13)9-14(21)19-15-11(3)6-5-7-12(15)4/h5-7,10,13H,8-9H2,1-4H3,(H,18,23)(H,19,21)/t13-/m1/s1. The fourth-order valence-corrected chi connectivity index (χ4v) is 2.69. The van der Waals surface area contributed by atoms with Crippen LogP contribution in [0.1, 0.15) is 31.4 Å². The molecule has 1 heterocycles. The molecule has 1 saturated heterocycles. The lowest BCUT2D eigenvalue weighted by molar-refractivity contribution is -0.131. The van der Waals surface area contributed by atoms with E-state index in [1.54, 1.807) is 0 Å². The average Bonchev–Trinajstić information content (AvgIpc) is 2.70. The molecule has 4 amide bonds. The minimum Gasteiger partial charge on any atom is -0.326 e. The van der Waals surface area contributed by atoms with Crippen molar-refractivity contribution >= 4 is 23.5 Å². The molecule has 2 N–H and O–H groups in total. The van der Waals surface area contributed by atoms with Crippen LogP contribution in [0.15, 0.2) is 18.2 Å². The monoisotopic (exact) mass is 317 g/mol. The highest BCUT2D eigenvalue weighted by Crippen LogP contribution is 2.20. The van der Waals surface area contributed by atoms with Crippen LogP contribution < -0.4 is 10.6 Å². The summed E-state index contributed by atoms with van der Waals surface area (Å²) >= 11 is 0. The predicted octanol–water partition coefficient (Wildman–Crippen LogP) is 2.21. The number of nitrogens with zero attached hydrogens (tertiary/aromatic N) is 1. The smallest absolute Gasteiger partial charge is 0.325 e. The molecular weight excluding hydrogens is 294 g/mol. The Kier molecular flexibility index (Phi) is 5.03. The number of carbonyl (C=O) groups is 3. The second kappa shape index (κ2) is 6.81. The summed E-state index contributed by atoms with van der Waals surface area (Å²) in [5.74, 6) is -0.427. The normalized spacial score (nSPS) is 17.6. The highest BCUT2D eigenvalue weighted by atomic mass is 16.2. The van der Waals surface area contributed by atoms with Crippen molar-refractivity contribution < 1.29 is 14.4 Å². The summed E-state index contributed by atoms with van der Waals surface area (Å²) in [6.07, 6.45) is 0.569. The van der Waals surface area contributed by atoms with E-state index < -0.39 is 12.1 Å². The van der Waals surface area contributed by atoms with Gasteiger partial charge in [-0.15, -0.1) is 0 Å². The van der Waals surface area contributed by atoms with Gasteiger partial charge in [0.15, 0.2) is 0 Å². The van der Waals surface area contributed by atoms with Crippen LogP contribution in [-0.2, 0) is 9.59 Å². The van der Waals surface area contributed by atoms with Crippen LogP contribution in [0, 0.1) is 19.8 Å². The maximum atomic E-state index is 12.2. The van der Waals surface area contributed by atoms with Crippen molar-refractivity contribution in [3.63, 3.8) is 0 Å². The maximum absolute atomic E-state index is 12.2. The van der Waals surface area contributed by atoms with Crippen LogP contribution >= 0.6 is 0 Å². The molecule has 0 radical (unpaired) electrons. The van der Waals surface area contributed by atoms with Crippen LogP contribution in [0.5, 0.6) is 0 Å². The summed E-state index contributed by atoms with van der Waals surface area (Å²) in [5, 5.41) is 5.42. The van der Waals surface area contributed by atoms with Gasteiger partial charge in [-0.25, -0.2) is 4.79 Å². The molecular formula is C17H23N3O3. The third-order valence-corrected chi connectivity index (χ3v) is 3.86. The highest BCUT2D eigenvalue weighted by Gasteiger charge is 2.39. The first-order chi connectivity index (χ1) is 10.8. The zero-order valence-electron chi connectivity index (χ0n) is 14.0. The first kappa shape index (κ1) is 17.0. The van der Waals surface area contributed by atoms with E-state index in [0.29, 0.717) is 6.42 Å². The zero-order chi connectivity index (χ0) is 17.1. The fourth-order valence-electron chi connectivity index (χ4n) is 2.69. The number of hydrogen-bond donors (Lipinski definition) is 2. The molecule has 6 heteroatoms. The number of anilines is 1. The largest absolute Gasteiger partial charge is 0.326 e. The van der Waals surface area contributed by atoms with Gasteiger partial charge in [-0.2, -0.15) is 0 Å². The van der Waals surface area contributed by atoms with Gasteiger partial charge >= 0.3 is 6.03 Å². The number of benzene rings is 1. The third kappa shape index (κ3) is 3.88. The molecule has 124 valence electrons. The topological polar surface area (TPSA) is 78.5 Å². The van der Waals surface area contributed by atoms with E-state index in [0.717, 1.165) is 21.7 Å². The van der Waals surface area contributed by atoms with E-state index in [2.05, 4.69) is 10.6 Å². The van der Waals surface area contributed by atoms with Crippen LogP contribution in [0.25, 0.3) is 0 Å². The van der Waals surface area contributed by atoms with Crippen molar-refractivity contribution in [1.29, 1.82) is 0 Å². The first-order valence-corrected chi connectivity index (χ1v) is 7.77. The Bertz CT molecular complexity index is 620. The van der Waals surface area contributed by atoms with Gasteiger partial charge in [0, 0.05) is 5.69 Å². The Hall–Kier alpha value is -2.37. The second-order valence-electron chi connectivity index (χ2n) is 6.37. The van der Waals surface area contributed by atoms with Crippen molar-refractivity contribution in [3.05, 3.63) is 29.3 Å². The number of hydrogen-bond acceptors (Lipinski definition) is 3. The molecule has 1 aliphatic heterocycles. The van der Waals surface area contributed by atoms with E-state index in [-0.39, 0.29) is 24.3 Å². The molecule has 0 spiro atoms. The van der Waals surface area contributed by atoms with Crippen molar-refractivity contribution in [2.45, 2.75) is 40.2 Å². The first-order valence-electron chi connectivity index (χ1n) is 7.77. The Labute approximate surface area is 136 Å². The van der Waals surface area contributed by atoms with E-state index >= 15 is 0 Å². The van der Waals surface area contributed by atoms with Gasteiger partial charge in [0.2, 0.25) is 5.91 Å². The molecule has 1 aliphatic rings. The SMILES string of the molecule is Cc1cccc(C)c1NC(=O)CN1C(=O)N[C@H](CC(C)C)C1=O. The van der Waals surface area contributed by atoms with E-state index in [1.165, 1.54) is 0 Å². The lowest BCUT2D eigenvalue weighted by atomic mass is 10.0. The minimum absolute atomic E-state index is 0.271. The van der Waals surface area contributed by atoms with Gasteiger partial charge in [-0.05, 0) is 37.3 Å². The fraction of sp³-hybridized carbons (Fsp3) is 0.471. The summed E-state index contributed by atoms with van der Waals surface area (Å²) in [5.41, 5.74) is 2.60. The number of imide groups is 1. The van der Waals surface area contributed by atoms with Gasteiger partial charge in [0.05, 0.1) is 0 Å². The van der Waals surface area contributed by atoms with Crippen molar-refractivity contribution in [2.75, 3.05) is 11.9 Å². The van der Waals surface area contributed by atoms with E-state index in [9.17, 15) is 14.4 Å². The van der Waals surface area contributed by atoms with Crippen molar-refractivity contribution in [1.82, 2.24) is 10.2 Å². The molecule has 1 aromatic carbocycles. The molecule has 0 saturated carbocycles. The molecule has 6 nitrogen and oxygen atoms in total. The molecule has 1 aromatic rings. The molecule has 23 heavy (non-hydrogen) atoms. The average molecular weight is 317 g/mol. The lowest BCUT2D eigenvalue weighted by Crippen LogP contribution is -2.38. The number of nitrogens with one attached hydrogen (secondary N) is 2. The lowest BCUT2D eigenvalue weighted by Gasteiger charge is -2.15. The molecule has 1 fully saturated rings. The number of rotatable bonds is 5. The minimum atomic E-state index is -0.532. The Morgan fingerprint density at radius 3 is 2.43 bits per heavy atom. The quantitative estimate of drug-likeness (QED) is 0.817. The van der Waals surface area contributed by atoms with Gasteiger partial charge in [0.25, 0.3) is 5.91 Å². The summed E-state index contributed by atoms with van der Waals surface area (Å²) in [7, 11) is 0. The number of para-hydroxylation sites is 1. The number of carbonyl (C=O) groups excluding carboxylic acids is 3. The van der Waals surface area contributed by atoms with Crippen LogP contribution in [-0.4, -0.2) is 35.3 Å². The predicted molar refractivity (Wildman–Crippen MR) is 88.0 cm³/mol. The Morgan fingerprint density at radius 1 is 1.26 bits per heavy atom. The van der Waals surface area contributed by atoms with Crippen LogP contribution in [0.4, 0.5) is 10.5 Å². The summed E-state index contributed by atoms with van der Waals surface area (Å²) in [6.45, 7) is 7.49. The Balaban J connectivity index is 2.03. The molecule has 0 bridgehead atoms. The Morgan fingerprint density at radius 2 is 1.87 bits per heavy atom. The summed E-state index contributed by atoms with van der Waals surface area (Å²) < 4.78 is 0. The van der Waals surface area contributed by atoms with Gasteiger partial charge in [-0.1, -0.05) is 32.0 Å². The number of urea groups is 1. The highest BCUT2D eigenvalue weighted by molar-refractivity contribution is 6.08. The van der Waals surface area contributed by atoms with E-state index in [4.69, 9.17) is 0 Å². The van der Waals surface area contributed by atoms with Gasteiger partial charge in [0.1, 0.15) is 12.6 Å². The second-order valence-corrected chi connectivity index (χ2v) is 6.37. The maximum Gasteiger partial charge on any atom is 0.325 e.